The maximum atomic E-state index is 2.31. The van der Waals surface area contributed by atoms with Crippen LogP contribution in [0.5, 0.6) is 0 Å². The van der Waals surface area contributed by atoms with E-state index in [1.165, 1.54) is 6.54 Å². The molecule has 0 bridgehead atoms. The zero-order valence-electron chi connectivity index (χ0n) is 6.16. The van der Waals surface area contributed by atoms with Crippen LogP contribution in [-0.4, -0.2) is 12.1 Å². The van der Waals surface area contributed by atoms with Crippen LogP contribution in [0.2, 0.25) is 0 Å². The third kappa shape index (κ3) is 9.85. The molecule has 52 valence electrons. The Bertz CT molecular complexity index is 47.0. The zero-order valence-corrected chi connectivity index (χ0v) is 8.32. The molecule has 2 heteroatoms. The van der Waals surface area contributed by atoms with Crippen molar-refractivity contribution in [2.24, 2.45) is 0 Å². The van der Waals surface area contributed by atoms with Gasteiger partial charge in [0, 0.05) is 0 Å². The Morgan fingerprint density at radius 3 is 1.62 bits per heavy atom. The van der Waals surface area contributed by atoms with Crippen molar-refractivity contribution in [2.45, 2.75) is 33.2 Å². The molecular weight excluding hydrogens is 213 g/mol. The fourth-order valence-electron chi connectivity index (χ4n) is 0.612. The third-order valence-corrected chi connectivity index (χ3v) is 0.816. The van der Waals surface area contributed by atoms with Gasteiger partial charge in [0.15, 0.2) is 0 Å². The molecule has 0 saturated carbocycles. The van der Waals surface area contributed by atoms with Crippen LogP contribution < -0.4 is 29.3 Å². The van der Waals surface area contributed by atoms with Gasteiger partial charge in [-0.1, -0.05) is 0 Å². The van der Waals surface area contributed by atoms with Gasteiger partial charge in [-0.05, 0) is 27.7 Å². The number of nitrogens with two attached hydrogens (primary N) is 1. The Morgan fingerprint density at radius 1 is 1.25 bits per heavy atom. The van der Waals surface area contributed by atoms with Crippen molar-refractivity contribution in [3.63, 3.8) is 0 Å². The van der Waals surface area contributed by atoms with Crippen molar-refractivity contribution in [3.8, 4) is 0 Å². The molecule has 0 amide bonds. The van der Waals surface area contributed by atoms with Gasteiger partial charge in [-0.2, -0.15) is 0 Å². The van der Waals surface area contributed by atoms with Gasteiger partial charge in [0.05, 0.1) is 12.1 Å². The molecule has 0 aliphatic heterocycles. The van der Waals surface area contributed by atoms with E-state index in [2.05, 4.69) is 33.0 Å². The summed E-state index contributed by atoms with van der Waals surface area (Å²) >= 11 is 0. The van der Waals surface area contributed by atoms with Crippen molar-refractivity contribution in [1.82, 2.24) is 0 Å². The van der Waals surface area contributed by atoms with Gasteiger partial charge in [0.1, 0.15) is 0 Å². The van der Waals surface area contributed by atoms with E-state index < -0.39 is 0 Å². The van der Waals surface area contributed by atoms with Crippen LogP contribution in [0, 0.1) is 0 Å². The Labute approximate surface area is 69.3 Å². The first-order chi connectivity index (χ1) is 3.06. The van der Waals surface area contributed by atoms with Crippen LogP contribution in [-0.2, 0) is 0 Å². The second-order valence-corrected chi connectivity index (χ2v) is 2.98. The summed E-state index contributed by atoms with van der Waals surface area (Å²) in [7, 11) is 0. The van der Waals surface area contributed by atoms with E-state index in [1.807, 2.05) is 0 Å². The summed E-state index contributed by atoms with van der Waals surface area (Å²) in [5.74, 6) is 0. The molecule has 0 heterocycles. The highest BCUT2D eigenvalue weighted by molar-refractivity contribution is 4.50. The number of halogens is 1. The van der Waals surface area contributed by atoms with Crippen LogP contribution in [0.25, 0.3) is 0 Å². The third-order valence-electron chi connectivity index (χ3n) is 0.816. The van der Waals surface area contributed by atoms with Crippen LogP contribution >= 0.6 is 0 Å². The molecule has 0 radical (unpaired) electrons. The van der Waals surface area contributed by atoms with Crippen molar-refractivity contribution in [3.05, 3.63) is 0 Å². The predicted octanol–water partition coefficient (Wildman–Crippen LogP) is -2.63. The Hall–Kier alpha value is 0.690. The summed E-state index contributed by atoms with van der Waals surface area (Å²) in [4.78, 5) is 0. The summed E-state index contributed by atoms with van der Waals surface area (Å²) in [5.41, 5.74) is 0.425. The van der Waals surface area contributed by atoms with Gasteiger partial charge < -0.3 is 29.3 Å². The molecule has 0 fully saturated rings. The van der Waals surface area contributed by atoms with Crippen molar-refractivity contribution < 1.29 is 29.3 Å². The first kappa shape index (κ1) is 11.5. The second-order valence-electron chi connectivity index (χ2n) is 2.98. The summed E-state index contributed by atoms with van der Waals surface area (Å²) in [6.07, 6.45) is 0. The Kier molecular flexibility index (Phi) is 6.54. The summed E-state index contributed by atoms with van der Waals surface area (Å²) in [5, 5.41) is 2.31. The lowest BCUT2D eigenvalue weighted by atomic mass is 10.1. The first-order valence-corrected chi connectivity index (χ1v) is 2.90. The van der Waals surface area contributed by atoms with E-state index in [4.69, 9.17) is 0 Å². The second kappa shape index (κ2) is 4.56. The molecule has 0 aliphatic carbocycles. The minimum absolute atomic E-state index is 0. The summed E-state index contributed by atoms with van der Waals surface area (Å²) in [6, 6.07) is 0. The van der Waals surface area contributed by atoms with Crippen molar-refractivity contribution in [1.29, 1.82) is 0 Å². The molecule has 0 aromatic rings. The van der Waals surface area contributed by atoms with Crippen molar-refractivity contribution >= 4 is 0 Å². The van der Waals surface area contributed by atoms with Crippen molar-refractivity contribution in [2.75, 3.05) is 6.54 Å². The highest BCUT2D eigenvalue weighted by Crippen LogP contribution is 1.86. The summed E-state index contributed by atoms with van der Waals surface area (Å²) in [6.45, 7) is 10.0. The van der Waals surface area contributed by atoms with E-state index >= 15 is 0 Å². The highest BCUT2D eigenvalue weighted by Gasteiger charge is 2.09. The standard InChI is InChI=1S/C6H15N.HI/c1-5-7-6(2,3)4;/h7H,5H2,1-4H3;1H. The smallest absolute Gasteiger partial charge is 0.0875 e. The number of rotatable bonds is 1. The Morgan fingerprint density at radius 2 is 1.62 bits per heavy atom. The minimum atomic E-state index is 0. The fraction of sp³-hybridized carbons (Fsp3) is 1.00. The average molecular weight is 229 g/mol. The fourth-order valence-corrected chi connectivity index (χ4v) is 0.612. The topological polar surface area (TPSA) is 16.6 Å². The van der Waals surface area contributed by atoms with Gasteiger partial charge >= 0.3 is 0 Å². The lowest BCUT2D eigenvalue weighted by Crippen LogP contribution is -3.00. The van der Waals surface area contributed by atoms with Crippen LogP contribution in [0.1, 0.15) is 27.7 Å². The van der Waals surface area contributed by atoms with Crippen LogP contribution in [0.15, 0.2) is 0 Å². The largest absolute Gasteiger partial charge is 1.00 e. The number of hydrogen-bond acceptors (Lipinski definition) is 0. The molecule has 8 heavy (non-hydrogen) atoms. The molecule has 1 nitrogen and oxygen atoms in total. The van der Waals surface area contributed by atoms with Gasteiger partial charge in [0.2, 0.25) is 0 Å². The van der Waals surface area contributed by atoms with Gasteiger partial charge in [-0.3, -0.25) is 0 Å². The lowest BCUT2D eigenvalue weighted by molar-refractivity contribution is -0.714. The van der Waals surface area contributed by atoms with Gasteiger partial charge in [-0.15, -0.1) is 0 Å². The van der Waals surface area contributed by atoms with Crippen LogP contribution in [0.3, 0.4) is 0 Å². The molecular formula is C6H16IN. The minimum Gasteiger partial charge on any atom is -1.00 e. The van der Waals surface area contributed by atoms with Gasteiger partial charge in [-0.25, -0.2) is 0 Å². The first-order valence-electron chi connectivity index (χ1n) is 2.90. The number of hydrogen-bond donors (Lipinski definition) is 1. The average Bonchev–Trinajstić information content (AvgIpc) is 1.30. The molecule has 0 aliphatic rings. The maximum Gasteiger partial charge on any atom is 0.0875 e. The molecule has 0 spiro atoms. The maximum absolute atomic E-state index is 2.31. The molecule has 2 N–H and O–H groups in total. The predicted molar refractivity (Wildman–Crippen MR) is 32.2 cm³/mol. The molecule has 0 rings (SSSR count). The van der Waals surface area contributed by atoms with Crippen LogP contribution in [0.4, 0.5) is 0 Å². The van der Waals surface area contributed by atoms with Gasteiger partial charge in [0.25, 0.3) is 0 Å². The molecule has 0 aromatic heterocycles. The highest BCUT2D eigenvalue weighted by atomic mass is 127. The normalized spacial score (nSPS) is 10.5. The number of quaternary nitrogens is 1. The van der Waals surface area contributed by atoms with E-state index in [9.17, 15) is 0 Å². The van der Waals surface area contributed by atoms with E-state index in [0.29, 0.717) is 5.54 Å². The van der Waals surface area contributed by atoms with E-state index in [0.717, 1.165) is 0 Å². The Balaban J connectivity index is 0. The monoisotopic (exact) mass is 229 g/mol. The lowest BCUT2D eigenvalue weighted by Gasteiger charge is -2.14. The molecule has 0 saturated heterocycles. The molecule has 0 unspecified atom stereocenters. The van der Waals surface area contributed by atoms with E-state index in [1.54, 1.807) is 0 Å². The zero-order chi connectivity index (χ0) is 5.91. The molecule has 0 aromatic carbocycles. The summed E-state index contributed by atoms with van der Waals surface area (Å²) < 4.78 is 0. The molecule has 0 atom stereocenters. The quantitative estimate of drug-likeness (QED) is 0.474. The van der Waals surface area contributed by atoms with E-state index in [-0.39, 0.29) is 24.0 Å². The SMILES string of the molecule is CC[NH2+]C(C)(C)C.[I-].